The number of pyridine rings is 1. The van der Waals surface area contributed by atoms with Crippen molar-refractivity contribution in [2.75, 3.05) is 11.9 Å². The molecule has 0 unspecified atom stereocenters. The van der Waals surface area contributed by atoms with Gasteiger partial charge < -0.3 is 5.11 Å². The molecule has 106 valence electrons. The van der Waals surface area contributed by atoms with Crippen LogP contribution in [0.2, 0.25) is 0 Å². The molecule has 1 amide bonds. The van der Waals surface area contributed by atoms with E-state index in [1.807, 2.05) is 0 Å². The standard InChI is InChI=1S/C14H13N5O2/c1-9-10(2)18-19-14(16-9)17-13(21)12-6-5-11(8-15-12)4-3-7-20/h5-6,8,20H,7H2,1-2H3,(H,16,17,19,21). The molecule has 0 spiro atoms. The molecule has 0 saturated heterocycles. The van der Waals surface area contributed by atoms with Crippen LogP contribution < -0.4 is 5.32 Å². The Morgan fingerprint density at radius 1 is 1.29 bits per heavy atom. The van der Waals surface area contributed by atoms with Crippen molar-refractivity contribution in [2.45, 2.75) is 13.8 Å². The van der Waals surface area contributed by atoms with E-state index in [0.717, 1.165) is 0 Å². The van der Waals surface area contributed by atoms with Crippen molar-refractivity contribution in [1.29, 1.82) is 0 Å². The Labute approximate surface area is 121 Å². The molecule has 0 bridgehead atoms. The summed E-state index contributed by atoms with van der Waals surface area (Å²) in [7, 11) is 0. The molecule has 0 fully saturated rings. The highest BCUT2D eigenvalue weighted by Crippen LogP contribution is 2.05. The lowest BCUT2D eigenvalue weighted by Crippen LogP contribution is -2.16. The van der Waals surface area contributed by atoms with Crippen molar-refractivity contribution in [3.63, 3.8) is 0 Å². The van der Waals surface area contributed by atoms with E-state index < -0.39 is 5.91 Å². The van der Waals surface area contributed by atoms with Gasteiger partial charge in [0, 0.05) is 11.8 Å². The first-order valence-electron chi connectivity index (χ1n) is 6.15. The number of aliphatic hydroxyl groups excluding tert-OH is 1. The zero-order chi connectivity index (χ0) is 15.2. The minimum Gasteiger partial charge on any atom is -0.384 e. The zero-order valence-electron chi connectivity index (χ0n) is 11.6. The fourth-order valence-corrected chi connectivity index (χ4v) is 1.42. The van der Waals surface area contributed by atoms with Gasteiger partial charge in [-0.1, -0.05) is 11.8 Å². The third-order valence-electron chi connectivity index (χ3n) is 2.63. The molecule has 0 radical (unpaired) electrons. The Bertz CT molecular complexity index is 716. The number of aryl methyl sites for hydroxylation is 2. The summed E-state index contributed by atoms with van der Waals surface area (Å²) < 4.78 is 0. The van der Waals surface area contributed by atoms with E-state index in [1.54, 1.807) is 19.9 Å². The van der Waals surface area contributed by atoms with Gasteiger partial charge in [-0.25, -0.2) is 9.97 Å². The van der Waals surface area contributed by atoms with E-state index in [-0.39, 0.29) is 18.2 Å². The summed E-state index contributed by atoms with van der Waals surface area (Å²) in [5.74, 6) is 4.90. The number of hydrogen-bond donors (Lipinski definition) is 2. The zero-order valence-corrected chi connectivity index (χ0v) is 11.6. The van der Waals surface area contributed by atoms with Crippen LogP contribution >= 0.6 is 0 Å². The minimum atomic E-state index is -0.429. The molecular weight excluding hydrogens is 270 g/mol. The van der Waals surface area contributed by atoms with Gasteiger partial charge in [-0.15, -0.1) is 5.10 Å². The third-order valence-corrected chi connectivity index (χ3v) is 2.63. The highest BCUT2D eigenvalue weighted by atomic mass is 16.2. The molecule has 2 aromatic heterocycles. The maximum Gasteiger partial charge on any atom is 0.276 e. The van der Waals surface area contributed by atoms with Crippen LogP contribution in [0.3, 0.4) is 0 Å². The molecule has 0 aromatic carbocycles. The lowest BCUT2D eigenvalue weighted by atomic mass is 10.2. The number of hydrogen-bond acceptors (Lipinski definition) is 6. The minimum absolute atomic E-state index is 0.133. The van der Waals surface area contributed by atoms with Gasteiger partial charge in [-0.3, -0.25) is 10.1 Å². The van der Waals surface area contributed by atoms with Crippen LogP contribution in [0.4, 0.5) is 5.95 Å². The second kappa shape index (κ2) is 6.54. The van der Waals surface area contributed by atoms with Crippen LogP contribution in [0.15, 0.2) is 18.3 Å². The molecule has 2 heterocycles. The maximum absolute atomic E-state index is 12.0. The van der Waals surface area contributed by atoms with Gasteiger partial charge >= 0.3 is 0 Å². The Morgan fingerprint density at radius 2 is 2.10 bits per heavy atom. The SMILES string of the molecule is Cc1nnc(NC(=O)c2ccc(C#CCO)cn2)nc1C. The molecule has 7 heteroatoms. The predicted octanol–water partition coefficient (Wildman–Crippen LogP) is 0.480. The van der Waals surface area contributed by atoms with Crippen LogP contribution in [0.25, 0.3) is 0 Å². The van der Waals surface area contributed by atoms with Gasteiger partial charge in [0.2, 0.25) is 5.95 Å². The lowest BCUT2D eigenvalue weighted by Gasteiger charge is -2.04. The van der Waals surface area contributed by atoms with Crippen LogP contribution in [0.5, 0.6) is 0 Å². The van der Waals surface area contributed by atoms with Crippen LogP contribution in [0.1, 0.15) is 27.4 Å². The highest BCUT2D eigenvalue weighted by molar-refractivity contribution is 6.01. The lowest BCUT2D eigenvalue weighted by molar-refractivity contribution is 0.102. The normalized spacial score (nSPS) is 9.67. The first kappa shape index (κ1) is 14.6. The largest absolute Gasteiger partial charge is 0.384 e. The summed E-state index contributed by atoms with van der Waals surface area (Å²) in [6.07, 6.45) is 1.46. The fraction of sp³-hybridized carbons (Fsp3) is 0.214. The maximum atomic E-state index is 12.0. The van der Waals surface area contributed by atoms with Crippen molar-refractivity contribution in [3.8, 4) is 11.8 Å². The van der Waals surface area contributed by atoms with E-state index >= 15 is 0 Å². The Morgan fingerprint density at radius 3 is 2.71 bits per heavy atom. The molecule has 21 heavy (non-hydrogen) atoms. The van der Waals surface area contributed by atoms with Gasteiger partial charge in [-0.2, -0.15) is 5.10 Å². The highest BCUT2D eigenvalue weighted by Gasteiger charge is 2.10. The number of rotatable bonds is 2. The fourth-order valence-electron chi connectivity index (χ4n) is 1.42. The predicted molar refractivity (Wildman–Crippen MR) is 75.5 cm³/mol. The topological polar surface area (TPSA) is 101 Å². The molecular formula is C14H13N5O2. The number of amides is 1. The van der Waals surface area contributed by atoms with E-state index in [4.69, 9.17) is 5.11 Å². The molecule has 0 aliphatic heterocycles. The number of nitrogens with one attached hydrogen (secondary N) is 1. The molecule has 0 aliphatic carbocycles. The average Bonchev–Trinajstić information content (AvgIpc) is 2.49. The van der Waals surface area contributed by atoms with Crippen molar-refractivity contribution in [1.82, 2.24) is 20.2 Å². The molecule has 7 nitrogen and oxygen atoms in total. The first-order valence-corrected chi connectivity index (χ1v) is 6.15. The van der Waals surface area contributed by atoms with Gasteiger partial charge in [0.15, 0.2) is 0 Å². The molecule has 2 N–H and O–H groups in total. The van der Waals surface area contributed by atoms with E-state index in [9.17, 15) is 4.79 Å². The Hall–Kier alpha value is -2.85. The third kappa shape index (κ3) is 3.81. The van der Waals surface area contributed by atoms with Gasteiger partial charge in [0.1, 0.15) is 12.3 Å². The summed E-state index contributed by atoms with van der Waals surface area (Å²) in [6, 6.07) is 3.18. The van der Waals surface area contributed by atoms with Crippen molar-refractivity contribution < 1.29 is 9.90 Å². The van der Waals surface area contributed by atoms with E-state index in [2.05, 4.69) is 37.3 Å². The summed E-state index contributed by atoms with van der Waals surface area (Å²) in [5.41, 5.74) is 2.23. The van der Waals surface area contributed by atoms with Crippen molar-refractivity contribution in [2.24, 2.45) is 0 Å². The van der Waals surface area contributed by atoms with Gasteiger partial charge in [0.25, 0.3) is 5.91 Å². The molecule has 0 aliphatic rings. The number of carbonyl (C=O) groups is 1. The number of aromatic nitrogens is 4. The summed E-state index contributed by atoms with van der Waals surface area (Å²) >= 11 is 0. The van der Waals surface area contributed by atoms with Crippen LogP contribution in [-0.4, -0.2) is 37.8 Å². The number of aliphatic hydroxyl groups is 1. The summed E-state index contributed by atoms with van der Waals surface area (Å²) in [4.78, 5) is 20.1. The molecule has 2 aromatic rings. The Balaban J connectivity index is 2.11. The summed E-state index contributed by atoms with van der Waals surface area (Å²) in [5, 5.41) is 18.8. The van der Waals surface area contributed by atoms with Gasteiger partial charge in [0.05, 0.1) is 11.4 Å². The molecule has 0 atom stereocenters. The molecule has 2 rings (SSSR count). The number of anilines is 1. The first-order chi connectivity index (χ1) is 10.1. The smallest absolute Gasteiger partial charge is 0.276 e. The van der Waals surface area contributed by atoms with Crippen LogP contribution in [0, 0.1) is 25.7 Å². The van der Waals surface area contributed by atoms with Crippen LogP contribution in [-0.2, 0) is 0 Å². The average molecular weight is 283 g/mol. The number of nitrogens with zero attached hydrogens (tertiary/aromatic N) is 4. The van der Waals surface area contributed by atoms with E-state index in [0.29, 0.717) is 17.0 Å². The quantitative estimate of drug-likeness (QED) is 0.777. The monoisotopic (exact) mass is 283 g/mol. The molecule has 0 saturated carbocycles. The second-order valence-electron chi connectivity index (χ2n) is 4.15. The van der Waals surface area contributed by atoms with E-state index in [1.165, 1.54) is 12.3 Å². The number of carbonyl (C=O) groups excluding carboxylic acids is 1. The summed E-state index contributed by atoms with van der Waals surface area (Å²) in [6.45, 7) is 3.35. The van der Waals surface area contributed by atoms with Crippen molar-refractivity contribution in [3.05, 3.63) is 41.0 Å². The Kier molecular flexibility index (Phi) is 4.53. The second-order valence-corrected chi connectivity index (χ2v) is 4.15. The van der Waals surface area contributed by atoms with Gasteiger partial charge in [-0.05, 0) is 26.0 Å². The van der Waals surface area contributed by atoms with Crippen molar-refractivity contribution >= 4 is 11.9 Å².